The number of alkyl halides is 3. The lowest BCUT2D eigenvalue weighted by Crippen LogP contribution is -2.16. The fourth-order valence-electron chi connectivity index (χ4n) is 1.09. The van der Waals surface area contributed by atoms with E-state index in [0.29, 0.717) is 4.68 Å². The van der Waals surface area contributed by atoms with E-state index in [4.69, 9.17) is 0 Å². The molecule has 2 rings (SSSR count). The van der Waals surface area contributed by atoms with Gasteiger partial charge in [0.05, 0.1) is 6.20 Å². The highest BCUT2D eigenvalue weighted by Crippen LogP contribution is 2.29. The van der Waals surface area contributed by atoms with Gasteiger partial charge in [0.2, 0.25) is 0 Å². The van der Waals surface area contributed by atoms with Gasteiger partial charge in [0, 0.05) is 13.1 Å². The van der Waals surface area contributed by atoms with Crippen molar-refractivity contribution in [2.75, 3.05) is 0 Å². The number of hydrogen-bond donors (Lipinski definition) is 0. The summed E-state index contributed by atoms with van der Waals surface area (Å²) in [4.78, 5) is 0. The monoisotopic (exact) mass is 216 g/mol. The summed E-state index contributed by atoms with van der Waals surface area (Å²) in [5.74, 6) is -0.0106. The van der Waals surface area contributed by atoms with Gasteiger partial charge in [-0.15, -0.1) is 10.2 Å². The molecular weight excluding hydrogens is 211 g/mol. The smallest absolute Gasteiger partial charge is 0.301 e. The average molecular weight is 216 g/mol. The highest BCUT2D eigenvalue weighted by atomic mass is 19.4. The topological polar surface area (TPSA) is 48.5 Å². The lowest BCUT2D eigenvalue weighted by molar-refractivity contribution is -0.143. The standard InChI is InChI=1S/C7H5F3N5/c1-14-4-11-13-6(14)15-5(2-3-12-15)7(8,9)10/h3-4H,1H3. The fourth-order valence-corrected chi connectivity index (χ4v) is 1.09. The van der Waals surface area contributed by atoms with Crippen molar-refractivity contribution in [1.29, 1.82) is 0 Å². The second-order valence-corrected chi connectivity index (χ2v) is 2.79. The van der Waals surface area contributed by atoms with Crippen LogP contribution in [0.3, 0.4) is 0 Å². The molecule has 2 aromatic rings. The molecule has 0 N–H and O–H groups in total. The van der Waals surface area contributed by atoms with Crippen LogP contribution in [0.4, 0.5) is 13.2 Å². The van der Waals surface area contributed by atoms with Gasteiger partial charge in [-0.1, -0.05) is 0 Å². The number of nitrogens with zero attached hydrogens (tertiary/aromatic N) is 5. The van der Waals surface area contributed by atoms with Crippen molar-refractivity contribution in [2.24, 2.45) is 7.05 Å². The zero-order valence-corrected chi connectivity index (χ0v) is 7.52. The maximum atomic E-state index is 12.5. The second-order valence-electron chi connectivity index (χ2n) is 2.79. The van der Waals surface area contributed by atoms with Gasteiger partial charge in [-0.05, 0) is 0 Å². The van der Waals surface area contributed by atoms with Crippen LogP contribution in [0.5, 0.6) is 0 Å². The number of aromatic nitrogens is 5. The molecule has 0 amide bonds. The molecule has 15 heavy (non-hydrogen) atoms. The maximum Gasteiger partial charge on any atom is 0.434 e. The molecule has 0 spiro atoms. The van der Waals surface area contributed by atoms with Crippen LogP contribution in [0.1, 0.15) is 5.69 Å². The van der Waals surface area contributed by atoms with Crippen LogP contribution in [0.2, 0.25) is 0 Å². The molecule has 79 valence electrons. The van der Waals surface area contributed by atoms with E-state index in [-0.39, 0.29) is 5.95 Å². The predicted molar refractivity (Wildman–Crippen MR) is 42.0 cm³/mol. The first-order chi connectivity index (χ1) is 7.00. The molecule has 0 saturated carbocycles. The van der Waals surface area contributed by atoms with E-state index in [2.05, 4.69) is 15.3 Å². The largest absolute Gasteiger partial charge is 0.434 e. The summed E-state index contributed by atoms with van der Waals surface area (Å²) in [6.07, 6.45) is -2.28. The molecule has 0 fully saturated rings. The Bertz CT molecular complexity index is 469. The Morgan fingerprint density at radius 1 is 1.40 bits per heavy atom. The summed E-state index contributed by atoms with van der Waals surface area (Å²) < 4.78 is 39.3. The third-order valence-electron chi connectivity index (χ3n) is 1.73. The zero-order chi connectivity index (χ0) is 11.1. The van der Waals surface area contributed by atoms with E-state index < -0.39 is 11.9 Å². The second kappa shape index (κ2) is 3.07. The molecule has 0 aliphatic rings. The molecule has 0 saturated heterocycles. The molecule has 8 heteroatoms. The van der Waals surface area contributed by atoms with Crippen molar-refractivity contribution < 1.29 is 13.2 Å². The Kier molecular flexibility index (Phi) is 1.98. The molecule has 0 bridgehead atoms. The Morgan fingerprint density at radius 2 is 2.13 bits per heavy atom. The van der Waals surface area contributed by atoms with Crippen molar-refractivity contribution in [2.45, 2.75) is 6.18 Å². The fraction of sp³-hybridized carbons (Fsp3) is 0.286. The van der Waals surface area contributed by atoms with Crippen LogP contribution in [-0.4, -0.2) is 24.5 Å². The number of halogens is 3. The zero-order valence-electron chi connectivity index (χ0n) is 7.52. The highest BCUT2D eigenvalue weighted by molar-refractivity contribution is 5.16. The maximum absolute atomic E-state index is 12.5. The quantitative estimate of drug-likeness (QED) is 0.709. The molecule has 5 nitrogen and oxygen atoms in total. The van der Waals surface area contributed by atoms with Crippen LogP contribution in [0.15, 0.2) is 12.5 Å². The van der Waals surface area contributed by atoms with E-state index in [1.807, 2.05) is 6.07 Å². The first-order valence-corrected chi connectivity index (χ1v) is 3.87. The summed E-state index contributed by atoms with van der Waals surface area (Å²) in [7, 11) is 1.52. The van der Waals surface area contributed by atoms with Crippen LogP contribution in [0, 0.1) is 6.07 Å². The first kappa shape index (κ1) is 9.69. The van der Waals surface area contributed by atoms with Gasteiger partial charge in [-0.25, -0.2) is 0 Å². The summed E-state index contributed by atoms with van der Waals surface area (Å²) in [5, 5.41) is 10.5. The van der Waals surface area contributed by atoms with Crippen LogP contribution in [-0.2, 0) is 13.2 Å². The summed E-state index contributed by atoms with van der Waals surface area (Å²) in [5.41, 5.74) is -1.00. The molecule has 2 heterocycles. The normalized spacial score (nSPS) is 12.0. The van der Waals surface area contributed by atoms with Crippen molar-refractivity contribution >= 4 is 0 Å². The number of aryl methyl sites for hydroxylation is 1. The number of rotatable bonds is 1. The molecule has 0 aliphatic heterocycles. The molecule has 0 atom stereocenters. The average Bonchev–Trinajstić information content (AvgIpc) is 2.69. The Balaban J connectivity index is 2.56. The van der Waals surface area contributed by atoms with Crippen molar-refractivity contribution in [3.05, 3.63) is 24.3 Å². The van der Waals surface area contributed by atoms with Gasteiger partial charge in [0.25, 0.3) is 5.95 Å². The van der Waals surface area contributed by atoms with E-state index in [9.17, 15) is 13.2 Å². The summed E-state index contributed by atoms with van der Waals surface area (Å²) in [6.45, 7) is 0. The Labute approximate surface area is 82.1 Å². The molecule has 1 radical (unpaired) electrons. The third kappa shape index (κ3) is 1.58. The minimum absolute atomic E-state index is 0.0106. The Hall–Kier alpha value is -1.86. The van der Waals surface area contributed by atoms with Gasteiger partial charge >= 0.3 is 6.18 Å². The van der Waals surface area contributed by atoms with Gasteiger partial charge in [-0.2, -0.15) is 23.0 Å². The third-order valence-corrected chi connectivity index (χ3v) is 1.73. The highest BCUT2D eigenvalue weighted by Gasteiger charge is 2.36. The van der Waals surface area contributed by atoms with Crippen LogP contribution in [0.25, 0.3) is 5.95 Å². The summed E-state index contributed by atoms with van der Waals surface area (Å²) >= 11 is 0. The molecule has 0 unspecified atom stereocenters. The van der Waals surface area contributed by atoms with Gasteiger partial charge < -0.3 is 4.57 Å². The lowest BCUT2D eigenvalue weighted by atomic mass is 10.4. The van der Waals surface area contributed by atoms with Crippen LogP contribution < -0.4 is 0 Å². The molecule has 0 aliphatic carbocycles. The van der Waals surface area contributed by atoms with Crippen molar-refractivity contribution in [3.8, 4) is 5.95 Å². The van der Waals surface area contributed by atoms with Gasteiger partial charge in [0.1, 0.15) is 6.33 Å². The molecule has 0 aromatic carbocycles. The van der Waals surface area contributed by atoms with E-state index in [1.165, 1.54) is 17.9 Å². The van der Waals surface area contributed by atoms with Gasteiger partial charge in [0.15, 0.2) is 5.69 Å². The molecular formula is C7H5F3N5. The van der Waals surface area contributed by atoms with E-state index >= 15 is 0 Å². The Morgan fingerprint density at radius 3 is 2.67 bits per heavy atom. The summed E-state index contributed by atoms with van der Waals surface area (Å²) in [6, 6.07) is 2.01. The van der Waals surface area contributed by atoms with Crippen LogP contribution >= 0.6 is 0 Å². The SMILES string of the molecule is Cn1cnnc1-n1nc[c]c1C(F)(F)F. The minimum atomic E-state index is -4.51. The molecule has 2 aromatic heterocycles. The van der Waals surface area contributed by atoms with E-state index in [1.54, 1.807) is 0 Å². The van der Waals surface area contributed by atoms with Crippen molar-refractivity contribution in [1.82, 2.24) is 24.5 Å². The minimum Gasteiger partial charge on any atom is -0.301 e. The predicted octanol–water partition coefficient (Wildman–Crippen LogP) is 0.820. The lowest BCUT2D eigenvalue weighted by Gasteiger charge is -2.08. The first-order valence-electron chi connectivity index (χ1n) is 3.87. The van der Waals surface area contributed by atoms with E-state index in [0.717, 1.165) is 6.20 Å². The van der Waals surface area contributed by atoms with Crippen molar-refractivity contribution in [3.63, 3.8) is 0 Å². The van der Waals surface area contributed by atoms with Gasteiger partial charge in [-0.3, -0.25) is 0 Å². The number of hydrogen-bond acceptors (Lipinski definition) is 3.